The maximum absolute atomic E-state index is 12.4. The highest BCUT2D eigenvalue weighted by atomic mass is 16.2. The Hall–Kier alpha value is -3.15. The molecule has 3 rings (SSSR count). The molecule has 1 atom stereocenters. The van der Waals surface area contributed by atoms with Gasteiger partial charge in [0.15, 0.2) is 0 Å². The van der Waals surface area contributed by atoms with Crippen LogP contribution in [0.5, 0.6) is 0 Å². The van der Waals surface area contributed by atoms with Crippen LogP contribution in [0.3, 0.4) is 0 Å². The van der Waals surface area contributed by atoms with Gasteiger partial charge in [0.05, 0.1) is 12.5 Å². The number of anilines is 1. The number of benzene rings is 2. The molecule has 1 aliphatic rings. The van der Waals surface area contributed by atoms with Crippen LogP contribution >= 0.6 is 0 Å². The number of nitrogens with zero attached hydrogens (tertiary/aromatic N) is 1. The smallest absolute Gasteiger partial charge is 0.243 e. The van der Waals surface area contributed by atoms with E-state index >= 15 is 0 Å². The molecule has 1 saturated heterocycles. The number of carbonyl (C=O) groups is 3. The average molecular weight is 393 g/mol. The Morgan fingerprint density at radius 3 is 2.41 bits per heavy atom. The first-order chi connectivity index (χ1) is 13.9. The van der Waals surface area contributed by atoms with Crippen molar-refractivity contribution in [1.29, 1.82) is 0 Å². The molecule has 2 aromatic carbocycles. The van der Waals surface area contributed by atoms with Gasteiger partial charge in [-0.25, -0.2) is 0 Å². The van der Waals surface area contributed by atoms with Crippen LogP contribution in [0.1, 0.15) is 23.1 Å². The van der Waals surface area contributed by atoms with Crippen LogP contribution in [0.2, 0.25) is 0 Å². The SMILES string of the molecule is Cc1cccc(C)c1NC(=O)CNC(=O)C1CC(=O)N(CCc2ccccc2)C1. The molecule has 1 unspecified atom stereocenters. The fraction of sp³-hybridized carbons (Fsp3) is 0.348. The van der Waals surface area contributed by atoms with Gasteiger partial charge >= 0.3 is 0 Å². The van der Waals surface area contributed by atoms with Gasteiger partial charge in [0.25, 0.3) is 0 Å². The summed E-state index contributed by atoms with van der Waals surface area (Å²) in [6, 6.07) is 15.7. The van der Waals surface area contributed by atoms with E-state index in [1.165, 1.54) is 0 Å². The molecular weight excluding hydrogens is 366 g/mol. The summed E-state index contributed by atoms with van der Waals surface area (Å²) in [6.45, 7) is 4.74. The summed E-state index contributed by atoms with van der Waals surface area (Å²) < 4.78 is 0. The molecule has 6 nitrogen and oxygen atoms in total. The van der Waals surface area contributed by atoms with Crippen molar-refractivity contribution in [2.45, 2.75) is 26.7 Å². The summed E-state index contributed by atoms with van der Waals surface area (Å²) in [5.74, 6) is -0.953. The number of amides is 3. The van der Waals surface area contributed by atoms with Gasteiger partial charge in [-0.15, -0.1) is 0 Å². The second-order valence-electron chi connectivity index (χ2n) is 7.51. The van der Waals surface area contributed by atoms with Crippen molar-refractivity contribution in [3.63, 3.8) is 0 Å². The van der Waals surface area contributed by atoms with E-state index in [0.717, 1.165) is 28.8 Å². The summed E-state index contributed by atoms with van der Waals surface area (Å²) in [5.41, 5.74) is 3.88. The van der Waals surface area contributed by atoms with Crippen molar-refractivity contribution in [2.75, 3.05) is 25.0 Å². The number of carbonyl (C=O) groups excluding carboxylic acids is 3. The summed E-state index contributed by atoms with van der Waals surface area (Å²) in [5, 5.41) is 5.52. The lowest BCUT2D eigenvalue weighted by atomic mass is 10.1. The predicted molar refractivity (Wildman–Crippen MR) is 112 cm³/mol. The lowest BCUT2D eigenvalue weighted by Gasteiger charge is -2.16. The van der Waals surface area contributed by atoms with Crippen LogP contribution in [0.4, 0.5) is 5.69 Å². The molecule has 1 heterocycles. The summed E-state index contributed by atoms with van der Waals surface area (Å²) in [7, 11) is 0. The zero-order chi connectivity index (χ0) is 20.8. The third-order valence-electron chi connectivity index (χ3n) is 5.27. The van der Waals surface area contributed by atoms with E-state index in [9.17, 15) is 14.4 Å². The Morgan fingerprint density at radius 1 is 1.03 bits per heavy atom. The van der Waals surface area contributed by atoms with E-state index < -0.39 is 5.92 Å². The molecule has 0 saturated carbocycles. The van der Waals surface area contributed by atoms with Crippen molar-refractivity contribution in [1.82, 2.24) is 10.2 Å². The first-order valence-electron chi connectivity index (χ1n) is 9.89. The number of hydrogen-bond donors (Lipinski definition) is 2. The van der Waals surface area contributed by atoms with Gasteiger partial charge in [-0.2, -0.15) is 0 Å². The molecule has 0 aromatic heterocycles. The van der Waals surface area contributed by atoms with Crippen LogP contribution in [-0.4, -0.2) is 42.3 Å². The van der Waals surface area contributed by atoms with E-state index in [1.54, 1.807) is 4.90 Å². The number of rotatable bonds is 7. The van der Waals surface area contributed by atoms with Crippen molar-refractivity contribution in [3.05, 3.63) is 65.2 Å². The molecule has 6 heteroatoms. The van der Waals surface area contributed by atoms with Crippen LogP contribution in [0, 0.1) is 19.8 Å². The van der Waals surface area contributed by atoms with Gasteiger partial charge in [-0.05, 0) is 37.0 Å². The van der Waals surface area contributed by atoms with Gasteiger partial charge in [-0.3, -0.25) is 14.4 Å². The summed E-state index contributed by atoms with van der Waals surface area (Å²) >= 11 is 0. The van der Waals surface area contributed by atoms with Gasteiger partial charge in [0.1, 0.15) is 0 Å². The highest BCUT2D eigenvalue weighted by molar-refractivity contribution is 5.97. The fourth-order valence-electron chi connectivity index (χ4n) is 3.58. The average Bonchev–Trinajstić information content (AvgIpc) is 3.09. The lowest BCUT2D eigenvalue weighted by Crippen LogP contribution is -2.38. The van der Waals surface area contributed by atoms with Crippen LogP contribution in [0.25, 0.3) is 0 Å². The van der Waals surface area contributed by atoms with Gasteiger partial charge in [0.2, 0.25) is 17.7 Å². The number of likely N-dealkylation sites (tertiary alicyclic amines) is 1. The molecule has 3 amide bonds. The molecule has 1 fully saturated rings. The van der Waals surface area contributed by atoms with Crippen LogP contribution in [0.15, 0.2) is 48.5 Å². The largest absolute Gasteiger partial charge is 0.347 e. The minimum absolute atomic E-state index is 0.0129. The topological polar surface area (TPSA) is 78.5 Å². The number of para-hydroxylation sites is 1. The Balaban J connectivity index is 1.46. The van der Waals surface area contributed by atoms with E-state index in [4.69, 9.17) is 0 Å². The monoisotopic (exact) mass is 393 g/mol. The van der Waals surface area contributed by atoms with Crippen molar-refractivity contribution >= 4 is 23.4 Å². The first-order valence-corrected chi connectivity index (χ1v) is 9.89. The zero-order valence-corrected chi connectivity index (χ0v) is 16.9. The number of aryl methyl sites for hydroxylation is 2. The second-order valence-corrected chi connectivity index (χ2v) is 7.51. The summed E-state index contributed by atoms with van der Waals surface area (Å²) in [6.07, 6.45) is 0.957. The van der Waals surface area contributed by atoms with Crippen molar-refractivity contribution in [3.8, 4) is 0 Å². The van der Waals surface area contributed by atoms with E-state index in [-0.39, 0.29) is 30.7 Å². The Morgan fingerprint density at radius 2 is 1.72 bits per heavy atom. The minimum atomic E-state index is -0.411. The molecular formula is C23H27N3O3. The highest BCUT2D eigenvalue weighted by Crippen LogP contribution is 2.20. The molecule has 0 bridgehead atoms. The summed E-state index contributed by atoms with van der Waals surface area (Å²) in [4.78, 5) is 38.6. The quantitative estimate of drug-likeness (QED) is 0.758. The molecule has 0 radical (unpaired) electrons. The van der Waals surface area contributed by atoms with Crippen molar-refractivity contribution in [2.24, 2.45) is 5.92 Å². The molecule has 2 aromatic rings. The maximum atomic E-state index is 12.4. The fourth-order valence-corrected chi connectivity index (χ4v) is 3.58. The van der Waals surface area contributed by atoms with Crippen molar-refractivity contribution < 1.29 is 14.4 Å². The first kappa shape index (κ1) is 20.6. The molecule has 29 heavy (non-hydrogen) atoms. The van der Waals surface area contributed by atoms with E-state index in [1.807, 2.05) is 62.4 Å². The Bertz CT molecular complexity index is 875. The van der Waals surface area contributed by atoms with Gasteiger partial charge in [0, 0.05) is 25.2 Å². The Kier molecular flexibility index (Phi) is 6.65. The second kappa shape index (κ2) is 9.37. The maximum Gasteiger partial charge on any atom is 0.243 e. The highest BCUT2D eigenvalue weighted by Gasteiger charge is 2.34. The predicted octanol–water partition coefficient (Wildman–Crippen LogP) is 2.45. The number of nitrogens with one attached hydrogen (secondary N) is 2. The van der Waals surface area contributed by atoms with Crippen LogP contribution < -0.4 is 10.6 Å². The van der Waals surface area contributed by atoms with Gasteiger partial charge < -0.3 is 15.5 Å². The van der Waals surface area contributed by atoms with E-state index in [2.05, 4.69) is 10.6 Å². The van der Waals surface area contributed by atoms with Crippen LogP contribution in [-0.2, 0) is 20.8 Å². The zero-order valence-electron chi connectivity index (χ0n) is 16.9. The number of hydrogen-bond acceptors (Lipinski definition) is 3. The molecule has 152 valence electrons. The molecule has 2 N–H and O–H groups in total. The third kappa shape index (κ3) is 5.44. The normalized spacial score (nSPS) is 16.0. The minimum Gasteiger partial charge on any atom is -0.347 e. The van der Waals surface area contributed by atoms with E-state index in [0.29, 0.717) is 13.1 Å². The Labute approximate surface area is 171 Å². The molecule has 1 aliphatic heterocycles. The lowest BCUT2D eigenvalue weighted by molar-refractivity contribution is -0.129. The molecule has 0 spiro atoms. The third-order valence-corrected chi connectivity index (χ3v) is 5.27. The van der Waals surface area contributed by atoms with Gasteiger partial charge in [-0.1, -0.05) is 48.5 Å². The standard InChI is InChI=1S/C23H27N3O3/c1-16-7-6-8-17(2)22(16)25-20(27)14-24-23(29)19-13-21(28)26(15-19)12-11-18-9-4-3-5-10-18/h3-10,19H,11-15H2,1-2H3,(H,24,29)(H,25,27). The molecule has 0 aliphatic carbocycles.